The van der Waals surface area contributed by atoms with Gasteiger partial charge in [0.05, 0.1) is 5.56 Å². The fourth-order valence-corrected chi connectivity index (χ4v) is 2.54. The number of halogens is 1. The summed E-state index contributed by atoms with van der Waals surface area (Å²) in [4.78, 5) is 14.4. The smallest absolute Gasteiger partial charge is 0.255 e. The number of nitrogens with zero attached hydrogens (tertiary/aromatic N) is 1. The molecule has 1 aliphatic rings. The van der Waals surface area contributed by atoms with Crippen LogP contribution in [0.1, 0.15) is 22.8 Å². The molecule has 1 N–H and O–H groups in total. The maximum atomic E-state index is 12.5. The first-order valence-electron chi connectivity index (χ1n) is 5.88. The number of amides is 1. The molecule has 1 saturated heterocycles. The van der Waals surface area contributed by atoms with Crippen LogP contribution in [0.5, 0.6) is 0 Å². The summed E-state index contributed by atoms with van der Waals surface area (Å²) in [5.74, 6) is 0.120. The summed E-state index contributed by atoms with van der Waals surface area (Å²) in [5, 5.41) is 3.29. The second kappa shape index (κ2) is 5.19. The predicted molar refractivity (Wildman–Crippen MR) is 72.2 cm³/mol. The molecule has 1 aromatic carbocycles. The Bertz CT molecular complexity index is 433. The van der Waals surface area contributed by atoms with Crippen LogP contribution in [-0.4, -0.2) is 36.5 Å². The maximum absolute atomic E-state index is 12.5. The molecule has 0 aliphatic carbocycles. The lowest BCUT2D eigenvalue weighted by molar-refractivity contribution is 0.0654. The summed E-state index contributed by atoms with van der Waals surface area (Å²) >= 11 is 3.50. The Morgan fingerprint density at radius 2 is 2.29 bits per heavy atom. The van der Waals surface area contributed by atoms with E-state index in [4.69, 9.17) is 0 Å². The number of nitrogens with one attached hydrogen (secondary N) is 1. The fraction of sp³-hybridized carbons (Fsp3) is 0.462. The number of rotatable bonds is 1. The Morgan fingerprint density at radius 3 is 3.00 bits per heavy atom. The Kier molecular flexibility index (Phi) is 3.84. The number of piperazine rings is 1. The van der Waals surface area contributed by atoms with Gasteiger partial charge < -0.3 is 10.2 Å². The van der Waals surface area contributed by atoms with Gasteiger partial charge in [-0.05, 0) is 41.4 Å². The Hall–Kier alpha value is -0.870. The minimum absolute atomic E-state index is 0.120. The van der Waals surface area contributed by atoms with E-state index >= 15 is 0 Å². The minimum Gasteiger partial charge on any atom is -0.333 e. The second-order valence-electron chi connectivity index (χ2n) is 4.49. The van der Waals surface area contributed by atoms with Gasteiger partial charge in [0.1, 0.15) is 0 Å². The molecule has 1 heterocycles. The van der Waals surface area contributed by atoms with E-state index in [1.165, 1.54) is 0 Å². The van der Waals surface area contributed by atoms with Gasteiger partial charge in [-0.2, -0.15) is 0 Å². The van der Waals surface area contributed by atoms with E-state index < -0.39 is 0 Å². The lowest BCUT2D eigenvalue weighted by atomic mass is 10.1. The van der Waals surface area contributed by atoms with Crippen LogP contribution < -0.4 is 5.32 Å². The molecule has 1 aromatic rings. The molecule has 4 heteroatoms. The van der Waals surface area contributed by atoms with Crippen molar-refractivity contribution in [3.05, 3.63) is 33.8 Å². The largest absolute Gasteiger partial charge is 0.333 e. The molecule has 1 unspecified atom stereocenters. The van der Waals surface area contributed by atoms with Crippen molar-refractivity contribution in [1.29, 1.82) is 0 Å². The van der Waals surface area contributed by atoms with Gasteiger partial charge in [0.2, 0.25) is 0 Å². The van der Waals surface area contributed by atoms with Crippen LogP contribution >= 0.6 is 15.9 Å². The van der Waals surface area contributed by atoms with Gasteiger partial charge >= 0.3 is 0 Å². The number of carbonyl (C=O) groups excluding carboxylic acids is 1. The van der Waals surface area contributed by atoms with Crippen molar-refractivity contribution in [3.8, 4) is 0 Å². The molecule has 0 spiro atoms. The minimum atomic E-state index is 0.120. The average Bonchev–Trinajstić information content (AvgIpc) is 2.32. The predicted octanol–water partition coefficient (Wildman–Crippen LogP) is 2.19. The molecule has 1 atom stereocenters. The van der Waals surface area contributed by atoms with Gasteiger partial charge in [-0.15, -0.1) is 0 Å². The molecule has 17 heavy (non-hydrogen) atoms. The number of hydrogen-bond acceptors (Lipinski definition) is 2. The lowest BCUT2D eigenvalue weighted by Gasteiger charge is -2.34. The van der Waals surface area contributed by atoms with Crippen LogP contribution in [-0.2, 0) is 0 Å². The quantitative estimate of drug-likeness (QED) is 0.862. The molecule has 0 bridgehead atoms. The van der Waals surface area contributed by atoms with Crippen LogP contribution in [0, 0.1) is 6.92 Å². The van der Waals surface area contributed by atoms with E-state index in [-0.39, 0.29) is 11.9 Å². The van der Waals surface area contributed by atoms with E-state index in [0.717, 1.165) is 35.2 Å². The molecule has 0 aromatic heterocycles. The van der Waals surface area contributed by atoms with Crippen LogP contribution in [0.4, 0.5) is 0 Å². The first-order chi connectivity index (χ1) is 8.11. The second-order valence-corrected chi connectivity index (χ2v) is 5.28. The first kappa shape index (κ1) is 12.6. The molecule has 92 valence electrons. The molecule has 0 radical (unpaired) electrons. The normalized spacial score (nSPS) is 20.4. The SMILES string of the molecule is Cc1cccc(C(=O)N2CCNCC2C)c1Br. The number of aryl methyl sites for hydroxylation is 1. The van der Waals surface area contributed by atoms with Crippen molar-refractivity contribution < 1.29 is 4.79 Å². The van der Waals surface area contributed by atoms with Crippen molar-refractivity contribution in [2.24, 2.45) is 0 Å². The number of hydrogen-bond donors (Lipinski definition) is 1. The fourth-order valence-electron chi connectivity index (χ4n) is 2.11. The van der Waals surface area contributed by atoms with E-state index in [1.807, 2.05) is 30.0 Å². The van der Waals surface area contributed by atoms with Gasteiger partial charge in [-0.25, -0.2) is 0 Å². The monoisotopic (exact) mass is 296 g/mol. The third kappa shape index (κ3) is 2.53. The zero-order chi connectivity index (χ0) is 12.4. The molecule has 1 fully saturated rings. The Balaban J connectivity index is 2.27. The zero-order valence-corrected chi connectivity index (χ0v) is 11.8. The van der Waals surface area contributed by atoms with Crippen molar-refractivity contribution in [2.75, 3.05) is 19.6 Å². The molecule has 1 amide bonds. The summed E-state index contributed by atoms with van der Waals surface area (Å²) in [6, 6.07) is 6.07. The van der Waals surface area contributed by atoms with Gasteiger partial charge in [0.25, 0.3) is 5.91 Å². The van der Waals surface area contributed by atoms with Gasteiger partial charge in [0, 0.05) is 30.1 Å². The highest BCUT2D eigenvalue weighted by atomic mass is 79.9. The number of carbonyl (C=O) groups is 1. The highest BCUT2D eigenvalue weighted by Crippen LogP contribution is 2.23. The van der Waals surface area contributed by atoms with E-state index in [1.54, 1.807) is 0 Å². The molecule has 0 saturated carbocycles. The van der Waals surface area contributed by atoms with Gasteiger partial charge in [-0.3, -0.25) is 4.79 Å². The van der Waals surface area contributed by atoms with Crippen molar-refractivity contribution in [2.45, 2.75) is 19.9 Å². The standard InChI is InChI=1S/C13H17BrN2O/c1-9-4-3-5-11(12(9)14)13(17)16-7-6-15-8-10(16)2/h3-5,10,15H,6-8H2,1-2H3. The molecule has 2 rings (SSSR count). The van der Waals surface area contributed by atoms with Crippen molar-refractivity contribution in [3.63, 3.8) is 0 Å². The maximum Gasteiger partial charge on any atom is 0.255 e. The average molecular weight is 297 g/mol. The highest BCUT2D eigenvalue weighted by molar-refractivity contribution is 9.10. The zero-order valence-electron chi connectivity index (χ0n) is 10.2. The third-order valence-corrected chi connectivity index (χ3v) is 4.24. The van der Waals surface area contributed by atoms with Crippen LogP contribution in [0.2, 0.25) is 0 Å². The topological polar surface area (TPSA) is 32.3 Å². The van der Waals surface area contributed by atoms with E-state index in [9.17, 15) is 4.79 Å². The van der Waals surface area contributed by atoms with Crippen LogP contribution in [0.25, 0.3) is 0 Å². The molecule has 1 aliphatic heterocycles. The Morgan fingerprint density at radius 1 is 1.53 bits per heavy atom. The Labute approximate surface area is 110 Å². The highest BCUT2D eigenvalue weighted by Gasteiger charge is 2.25. The van der Waals surface area contributed by atoms with Crippen molar-refractivity contribution >= 4 is 21.8 Å². The lowest BCUT2D eigenvalue weighted by Crippen LogP contribution is -2.52. The summed E-state index contributed by atoms with van der Waals surface area (Å²) < 4.78 is 0.913. The van der Waals surface area contributed by atoms with Crippen LogP contribution in [0.15, 0.2) is 22.7 Å². The summed E-state index contributed by atoms with van der Waals surface area (Å²) in [6.07, 6.45) is 0. The summed E-state index contributed by atoms with van der Waals surface area (Å²) in [5.41, 5.74) is 1.86. The van der Waals surface area contributed by atoms with Gasteiger partial charge in [0.15, 0.2) is 0 Å². The van der Waals surface area contributed by atoms with Gasteiger partial charge in [-0.1, -0.05) is 12.1 Å². The molecular formula is C13H17BrN2O. The summed E-state index contributed by atoms with van der Waals surface area (Å²) in [7, 11) is 0. The van der Waals surface area contributed by atoms with Crippen LogP contribution in [0.3, 0.4) is 0 Å². The van der Waals surface area contributed by atoms with E-state index in [2.05, 4.69) is 28.2 Å². The summed E-state index contributed by atoms with van der Waals surface area (Å²) in [6.45, 7) is 6.60. The van der Waals surface area contributed by atoms with Crippen molar-refractivity contribution in [1.82, 2.24) is 10.2 Å². The first-order valence-corrected chi connectivity index (χ1v) is 6.67. The third-order valence-electron chi connectivity index (χ3n) is 3.18. The van der Waals surface area contributed by atoms with E-state index in [0.29, 0.717) is 0 Å². The molecule has 3 nitrogen and oxygen atoms in total. The number of benzene rings is 1. The molecular weight excluding hydrogens is 280 g/mol.